The fourth-order valence-electron chi connectivity index (χ4n) is 4.13. The molecule has 1 saturated heterocycles. The number of rotatable bonds is 7. The number of thioether (sulfide) groups is 1. The van der Waals surface area contributed by atoms with Crippen molar-refractivity contribution in [2.24, 2.45) is 5.16 Å². The minimum Gasteiger partial charge on any atom is -0.477 e. The van der Waals surface area contributed by atoms with Gasteiger partial charge in [-0.15, -0.1) is 23.1 Å². The Bertz CT molecular complexity index is 1410. The zero-order valence-electron chi connectivity index (χ0n) is 18.3. The largest absolute Gasteiger partial charge is 0.477 e. The number of H-pyrrole nitrogens is 1. The second kappa shape index (κ2) is 9.03. The maximum atomic E-state index is 13.0. The number of anilines is 1. The Morgan fingerprint density at radius 2 is 2.29 bits per heavy atom. The van der Waals surface area contributed by atoms with E-state index in [4.69, 9.17) is 10.6 Å². The van der Waals surface area contributed by atoms with Crippen molar-refractivity contribution in [2.75, 3.05) is 18.6 Å². The zero-order valence-corrected chi connectivity index (χ0v) is 19.9. The lowest BCUT2D eigenvalue weighted by molar-refractivity contribution is -0.576. The summed E-state index contributed by atoms with van der Waals surface area (Å²) in [5, 5.41) is 20.7. The maximum absolute atomic E-state index is 13.0. The third-order valence-electron chi connectivity index (χ3n) is 5.67. The van der Waals surface area contributed by atoms with Crippen molar-refractivity contribution in [3.63, 3.8) is 0 Å². The number of carbonyl (C=O) groups excluding carboxylic acids is 2. The number of nitrogens with two attached hydrogens (primary N) is 1. The number of oxime groups is 1. The van der Waals surface area contributed by atoms with Crippen LogP contribution in [0.2, 0.25) is 0 Å². The van der Waals surface area contributed by atoms with Crippen molar-refractivity contribution < 1.29 is 28.8 Å². The summed E-state index contributed by atoms with van der Waals surface area (Å²) in [6.45, 7) is 0. The molecular weight excluding hydrogens is 494 g/mol. The second-order valence-corrected chi connectivity index (χ2v) is 9.74. The third-order valence-corrected chi connectivity index (χ3v) is 7.68. The Labute approximate surface area is 206 Å². The first-order valence-electron chi connectivity index (χ1n) is 10.4. The predicted octanol–water partition coefficient (Wildman–Crippen LogP) is 0.124. The van der Waals surface area contributed by atoms with E-state index in [1.807, 2.05) is 35.1 Å². The highest BCUT2D eigenvalue weighted by Crippen LogP contribution is 2.41. The van der Waals surface area contributed by atoms with E-state index in [0.29, 0.717) is 17.7 Å². The van der Waals surface area contributed by atoms with E-state index < -0.39 is 29.2 Å². The lowest BCUT2D eigenvalue weighted by atomic mass is 9.99. The fourth-order valence-corrected chi connectivity index (χ4v) is 6.02. The van der Waals surface area contributed by atoms with Crippen molar-refractivity contribution >= 4 is 57.2 Å². The van der Waals surface area contributed by atoms with Gasteiger partial charge in [0, 0.05) is 29.7 Å². The van der Waals surface area contributed by atoms with Crippen LogP contribution in [-0.2, 0) is 25.6 Å². The van der Waals surface area contributed by atoms with Crippen molar-refractivity contribution in [3.05, 3.63) is 58.5 Å². The van der Waals surface area contributed by atoms with Crippen LogP contribution in [0, 0.1) is 0 Å². The highest BCUT2D eigenvalue weighted by molar-refractivity contribution is 8.00. The standard InChI is InChI=1S/C21H19N7O5S2/c1-33-26-14(12-9-35-21(22)24-12)17(29)25-15-18(30)28-16(20(31)32)11(8-34-19(15)28)6-10-7-23-27-5-3-2-4-13(10)27/h2-5,7,9,15,19H,6,8H2,1H3,(H4,22,24,25,29,31,32)/p+1/b26-14-/t15-,19-/m1/s1. The van der Waals surface area contributed by atoms with Crippen molar-refractivity contribution in [2.45, 2.75) is 17.8 Å². The van der Waals surface area contributed by atoms with Gasteiger partial charge >= 0.3 is 5.97 Å². The molecule has 14 heteroatoms. The van der Waals surface area contributed by atoms with Gasteiger partial charge in [-0.2, -0.15) is 5.10 Å². The molecule has 5 rings (SSSR count). The van der Waals surface area contributed by atoms with Crippen LogP contribution < -0.4 is 15.6 Å². The van der Waals surface area contributed by atoms with Gasteiger partial charge in [-0.25, -0.2) is 9.78 Å². The molecule has 0 unspecified atom stereocenters. The number of carboxylic acids is 1. The highest BCUT2D eigenvalue weighted by Gasteiger charge is 2.54. The summed E-state index contributed by atoms with van der Waals surface area (Å²) in [6.07, 6.45) is 4.06. The summed E-state index contributed by atoms with van der Waals surface area (Å²) >= 11 is 2.53. The minimum atomic E-state index is -1.18. The summed E-state index contributed by atoms with van der Waals surface area (Å²) in [7, 11) is 1.29. The Morgan fingerprint density at radius 3 is 3.00 bits per heavy atom. The van der Waals surface area contributed by atoms with Gasteiger partial charge in [0.15, 0.2) is 17.0 Å². The molecule has 2 amide bonds. The molecule has 2 aliphatic rings. The summed E-state index contributed by atoms with van der Waals surface area (Å²) in [6, 6.07) is 4.81. The smallest absolute Gasteiger partial charge is 0.352 e. The number of nitrogens with one attached hydrogen (secondary N) is 2. The number of aromatic amines is 1. The van der Waals surface area contributed by atoms with Gasteiger partial charge in [0.25, 0.3) is 11.8 Å². The third kappa shape index (κ3) is 4.00. The lowest BCUT2D eigenvalue weighted by Gasteiger charge is -2.49. The van der Waals surface area contributed by atoms with Gasteiger partial charge in [0.2, 0.25) is 5.52 Å². The number of fused-ring (bicyclic) bond motifs is 2. The van der Waals surface area contributed by atoms with Crippen LogP contribution in [-0.4, -0.2) is 67.9 Å². The normalized spacial score (nSPS) is 20.0. The molecule has 12 nitrogen and oxygen atoms in total. The number of thiazole rings is 1. The van der Waals surface area contributed by atoms with Gasteiger partial charge in [-0.1, -0.05) is 9.67 Å². The molecule has 35 heavy (non-hydrogen) atoms. The van der Waals surface area contributed by atoms with E-state index in [2.05, 4.69) is 20.6 Å². The first-order chi connectivity index (χ1) is 16.9. The number of β-lactam (4-membered cyclic amide) rings is 1. The van der Waals surface area contributed by atoms with Crippen LogP contribution in [0.15, 0.2) is 52.4 Å². The summed E-state index contributed by atoms with van der Waals surface area (Å²) in [4.78, 5) is 48.1. The molecule has 1 fully saturated rings. The number of nitrogen functional groups attached to an aromatic ring is 1. The first kappa shape index (κ1) is 22.9. The van der Waals surface area contributed by atoms with Crippen molar-refractivity contribution in [3.8, 4) is 0 Å². The molecule has 3 aromatic heterocycles. The fraction of sp³-hybridized carbons (Fsp3) is 0.238. The van der Waals surface area contributed by atoms with Gasteiger partial charge in [-0.3, -0.25) is 14.5 Å². The number of aromatic nitrogens is 3. The summed E-state index contributed by atoms with van der Waals surface area (Å²) in [5.74, 6) is -1.96. The molecule has 0 bridgehead atoms. The highest BCUT2D eigenvalue weighted by atomic mass is 32.2. The molecule has 180 valence electrons. The van der Waals surface area contributed by atoms with E-state index in [1.54, 1.807) is 5.38 Å². The molecule has 0 radical (unpaired) electrons. The number of aliphatic carboxylic acids is 1. The van der Waals surface area contributed by atoms with Gasteiger partial charge in [0.05, 0.1) is 11.8 Å². The molecular formula is C21H20N7O5S2+. The molecule has 0 saturated carbocycles. The Hall–Kier alpha value is -3.91. The SMILES string of the molecule is CO/N=C(\C(=O)N[C@@H]1C(=O)N2C(C(=O)O)=C(Cc3c[nH][n+]4ccccc34)CS[C@H]12)c1csc(N)n1. The number of amides is 2. The average molecular weight is 515 g/mol. The minimum absolute atomic E-state index is 0.0439. The molecule has 2 aliphatic heterocycles. The monoisotopic (exact) mass is 514 g/mol. The molecule has 5 N–H and O–H groups in total. The average Bonchev–Trinajstić information content (AvgIpc) is 3.46. The number of carboxylic acid groups (broad SMARTS) is 1. The quantitative estimate of drug-likeness (QED) is 0.149. The molecule has 0 aliphatic carbocycles. The Balaban J connectivity index is 1.37. The molecule has 2 atom stereocenters. The second-order valence-electron chi connectivity index (χ2n) is 7.74. The van der Waals surface area contributed by atoms with Crippen LogP contribution in [0.4, 0.5) is 5.13 Å². The topological polar surface area (TPSA) is 167 Å². The van der Waals surface area contributed by atoms with Gasteiger partial charge in [-0.05, 0) is 11.6 Å². The van der Waals surface area contributed by atoms with E-state index in [9.17, 15) is 19.5 Å². The Kier molecular flexibility index (Phi) is 5.90. The summed E-state index contributed by atoms with van der Waals surface area (Å²) < 4.78 is 1.84. The Morgan fingerprint density at radius 1 is 1.46 bits per heavy atom. The predicted molar refractivity (Wildman–Crippen MR) is 127 cm³/mol. The lowest BCUT2D eigenvalue weighted by Crippen LogP contribution is -2.71. The van der Waals surface area contributed by atoms with Crippen LogP contribution in [0.3, 0.4) is 0 Å². The van der Waals surface area contributed by atoms with Crippen molar-refractivity contribution in [1.82, 2.24) is 20.3 Å². The van der Waals surface area contributed by atoms with E-state index >= 15 is 0 Å². The number of hydrogen-bond acceptors (Lipinski definition) is 9. The zero-order chi connectivity index (χ0) is 24.7. The van der Waals surface area contributed by atoms with E-state index in [-0.39, 0.29) is 22.2 Å². The van der Waals surface area contributed by atoms with Crippen LogP contribution in [0.5, 0.6) is 0 Å². The van der Waals surface area contributed by atoms with Crippen LogP contribution in [0.1, 0.15) is 11.3 Å². The maximum Gasteiger partial charge on any atom is 0.352 e. The van der Waals surface area contributed by atoms with E-state index in [0.717, 1.165) is 22.4 Å². The number of hydrogen-bond donors (Lipinski definition) is 4. The van der Waals surface area contributed by atoms with Gasteiger partial charge in [0.1, 0.15) is 29.9 Å². The van der Waals surface area contributed by atoms with Crippen LogP contribution in [0.25, 0.3) is 5.52 Å². The van der Waals surface area contributed by atoms with Crippen molar-refractivity contribution in [1.29, 1.82) is 0 Å². The number of carbonyl (C=O) groups is 3. The molecule has 3 aromatic rings. The van der Waals surface area contributed by atoms with E-state index in [1.165, 1.54) is 23.8 Å². The van der Waals surface area contributed by atoms with Crippen LogP contribution >= 0.6 is 23.1 Å². The summed E-state index contributed by atoms with van der Waals surface area (Å²) in [5.41, 5.74) is 8.16. The molecule has 0 spiro atoms. The molecule has 0 aromatic carbocycles. The first-order valence-corrected chi connectivity index (χ1v) is 12.3. The number of pyridine rings is 1. The number of nitrogens with zero attached hydrogens (tertiary/aromatic N) is 4. The van der Waals surface area contributed by atoms with Gasteiger partial charge < -0.3 is 21.0 Å². The molecule has 5 heterocycles.